The van der Waals surface area contributed by atoms with Gasteiger partial charge in [0.15, 0.2) is 0 Å². The number of carbonyl (C=O) groups excluding carboxylic acids is 1. The molecule has 1 amide bonds. The zero-order chi connectivity index (χ0) is 14.5. The molecule has 0 heterocycles. The molecule has 0 aliphatic rings. The first-order chi connectivity index (χ1) is 8.90. The molecule has 0 bridgehead atoms. The summed E-state index contributed by atoms with van der Waals surface area (Å²) in [5.41, 5.74) is -0.916. The van der Waals surface area contributed by atoms with Crippen LogP contribution in [0.2, 0.25) is 0 Å². The zero-order valence-corrected chi connectivity index (χ0v) is 10.9. The Hall–Kier alpha value is -1.78. The summed E-state index contributed by atoms with van der Waals surface area (Å²) in [7, 11) is 0. The lowest BCUT2D eigenvalue weighted by Crippen LogP contribution is -2.29. The predicted molar refractivity (Wildman–Crippen MR) is 68.4 cm³/mol. The molecule has 0 N–H and O–H groups in total. The first kappa shape index (κ1) is 15.3. The summed E-state index contributed by atoms with van der Waals surface area (Å²) in [6, 6.07) is 7.33. The Morgan fingerprint density at radius 2 is 1.68 bits per heavy atom. The molecule has 1 aromatic rings. The average molecular weight is 271 g/mol. The number of halogens is 3. The minimum absolute atomic E-state index is 0.00416. The SMILES string of the molecule is CCN(CC)C(=O)/C=C(/c1ccccc1)C(F)(F)F. The lowest BCUT2D eigenvalue weighted by atomic mass is 10.0. The highest BCUT2D eigenvalue weighted by atomic mass is 19.4. The largest absolute Gasteiger partial charge is 0.417 e. The summed E-state index contributed by atoms with van der Waals surface area (Å²) in [5, 5.41) is 0. The maximum atomic E-state index is 13.0. The molecule has 1 rings (SSSR count). The Balaban J connectivity index is 3.16. The fraction of sp³-hybridized carbons (Fsp3) is 0.357. The highest BCUT2D eigenvalue weighted by Gasteiger charge is 2.35. The van der Waals surface area contributed by atoms with Crippen molar-refractivity contribution >= 4 is 11.5 Å². The van der Waals surface area contributed by atoms with Crippen molar-refractivity contribution in [3.8, 4) is 0 Å². The zero-order valence-electron chi connectivity index (χ0n) is 10.9. The molecular formula is C14H16F3NO. The molecule has 0 aromatic heterocycles. The maximum Gasteiger partial charge on any atom is 0.417 e. The van der Waals surface area contributed by atoms with E-state index in [0.29, 0.717) is 19.2 Å². The first-order valence-electron chi connectivity index (χ1n) is 6.03. The van der Waals surface area contributed by atoms with Crippen molar-refractivity contribution in [2.75, 3.05) is 13.1 Å². The van der Waals surface area contributed by atoms with Gasteiger partial charge in [-0.1, -0.05) is 30.3 Å². The number of hydrogen-bond donors (Lipinski definition) is 0. The molecule has 19 heavy (non-hydrogen) atoms. The van der Waals surface area contributed by atoms with Gasteiger partial charge in [0.05, 0.1) is 5.57 Å². The topological polar surface area (TPSA) is 20.3 Å². The summed E-state index contributed by atoms with van der Waals surface area (Å²) in [6.45, 7) is 4.22. The number of rotatable bonds is 4. The smallest absolute Gasteiger partial charge is 0.340 e. The van der Waals surface area contributed by atoms with E-state index in [2.05, 4.69) is 0 Å². The van der Waals surface area contributed by atoms with E-state index in [0.717, 1.165) is 0 Å². The lowest BCUT2D eigenvalue weighted by molar-refractivity contribution is -0.126. The molecule has 0 spiro atoms. The Labute approximate surface area is 110 Å². The normalized spacial score (nSPS) is 12.4. The number of benzene rings is 1. The van der Waals surface area contributed by atoms with Gasteiger partial charge in [0.25, 0.3) is 0 Å². The molecule has 0 radical (unpaired) electrons. The molecule has 0 saturated heterocycles. The van der Waals surface area contributed by atoms with Gasteiger partial charge in [0, 0.05) is 19.2 Å². The Bertz CT molecular complexity index is 448. The number of carbonyl (C=O) groups is 1. The van der Waals surface area contributed by atoms with E-state index < -0.39 is 17.7 Å². The van der Waals surface area contributed by atoms with Crippen LogP contribution in [0.4, 0.5) is 13.2 Å². The molecule has 1 aromatic carbocycles. The Morgan fingerprint density at radius 1 is 1.16 bits per heavy atom. The van der Waals surface area contributed by atoms with Gasteiger partial charge in [-0.25, -0.2) is 0 Å². The van der Waals surface area contributed by atoms with Crippen LogP contribution >= 0.6 is 0 Å². The van der Waals surface area contributed by atoms with Crippen LogP contribution in [0.3, 0.4) is 0 Å². The molecule has 104 valence electrons. The summed E-state index contributed by atoms with van der Waals surface area (Å²) in [6.07, 6.45) is -3.88. The minimum Gasteiger partial charge on any atom is -0.340 e. The fourth-order valence-corrected chi connectivity index (χ4v) is 1.70. The van der Waals surface area contributed by atoms with E-state index in [-0.39, 0.29) is 5.56 Å². The standard InChI is InChI=1S/C14H16F3NO/c1-3-18(4-2)13(19)10-12(14(15,16)17)11-8-6-5-7-9-11/h5-10H,3-4H2,1-2H3/b12-10-. The number of likely N-dealkylation sites (N-methyl/N-ethyl adjacent to an activating group) is 1. The van der Waals surface area contributed by atoms with E-state index >= 15 is 0 Å². The third-order valence-electron chi connectivity index (χ3n) is 2.73. The molecule has 0 saturated carbocycles. The molecular weight excluding hydrogens is 255 g/mol. The number of allylic oxidation sites excluding steroid dienone is 1. The summed E-state index contributed by atoms with van der Waals surface area (Å²) in [4.78, 5) is 13.1. The summed E-state index contributed by atoms with van der Waals surface area (Å²) in [5.74, 6) is -0.624. The number of hydrogen-bond acceptors (Lipinski definition) is 1. The Kier molecular flexibility index (Phi) is 5.15. The van der Waals surface area contributed by atoms with Gasteiger partial charge < -0.3 is 4.90 Å². The monoisotopic (exact) mass is 271 g/mol. The summed E-state index contributed by atoms with van der Waals surface area (Å²) >= 11 is 0. The maximum absolute atomic E-state index is 13.0. The van der Waals surface area contributed by atoms with Gasteiger partial charge >= 0.3 is 6.18 Å². The number of amides is 1. The van der Waals surface area contributed by atoms with E-state index in [1.54, 1.807) is 19.9 Å². The minimum atomic E-state index is -4.55. The van der Waals surface area contributed by atoms with E-state index in [4.69, 9.17) is 0 Å². The van der Waals surface area contributed by atoms with E-state index in [1.807, 2.05) is 0 Å². The quantitative estimate of drug-likeness (QED) is 0.767. The van der Waals surface area contributed by atoms with E-state index in [1.165, 1.54) is 29.2 Å². The van der Waals surface area contributed by atoms with Crippen molar-refractivity contribution in [2.24, 2.45) is 0 Å². The van der Waals surface area contributed by atoms with Crippen molar-refractivity contribution in [1.82, 2.24) is 4.90 Å². The fourth-order valence-electron chi connectivity index (χ4n) is 1.70. The molecule has 0 atom stereocenters. The van der Waals surface area contributed by atoms with Crippen LogP contribution in [-0.4, -0.2) is 30.1 Å². The van der Waals surface area contributed by atoms with Gasteiger partial charge in [-0.3, -0.25) is 4.79 Å². The number of alkyl halides is 3. The second-order valence-corrected chi connectivity index (χ2v) is 3.93. The van der Waals surface area contributed by atoms with Crippen LogP contribution in [0.1, 0.15) is 19.4 Å². The van der Waals surface area contributed by atoms with Crippen LogP contribution in [0, 0.1) is 0 Å². The van der Waals surface area contributed by atoms with Crippen molar-refractivity contribution in [2.45, 2.75) is 20.0 Å². The van der Waals surface area contributed by atoms with Crippen LogP contribution in [0.5, 0.6) is 0 Å². The lowest BCUT2D eigenvalue weighted by Gasteiger charge is -2.18. The van der Waals surface area contributed by atoms with Gasteiger partial charge in [0.1, 0.15) is 0 Å². The Morgan fingerprint density at radius 3 is 2.11 bits per heavy atom. The van der Waals surface area contributed by atoms with Gasteiger partial charge in [-0.15, -0.1) is 0 Å². The second kappa shape index (κ2) is 6.41. The second-order valence-electron chi connectivity index (χ2n) is 3.93. The van der Waals surface area contributed by atoms with Crippen molar-refractivity contribution in [1.29, 1.82) is 0 Å². The summed E-state index contributed by atoms with van der Waals surface area (Å²) < 4.78 is 39.0. The third-order valence-corrected chi connectivity index (χ3v) is 2.73. The molecule has 0 aliphatic heterocycles. The highest BCUT2D eigenvalue weighted by molar-refractivity contribution is 5.96. The molecule has 2 nitrogen and oxygen atoms in total. The number of nitrogens with zero attached hydrogens (tertiary/aromatic N) is 1. The van der Waals surface area contributed by atoms with Crippen LogP contribution < -0.4 is 0 Å². The van der Waals surface area contributed by atoms with Gasteiger partial charge in [-0.2, -0.15) is 13.2 Å². The van der Waals surface area contributed by atoms with Crippen LogP contribution in [0.15, 0.2) is 36.4 Å². The first-order valence-corrected chi connectivity index (χ1v) is 6.03. The molecule has 0 aliphatic carbocycles. The molecule has 5 heteroatoms. The van der Waals surface area contributed by atoms with Crippen molar-refractivity contribution in [3.05, 3.63) is 42.0 Å². The van der Waals surface area contributed by atoms with Crippen molar-refractivity contribution in [3.63, 3.8) is 0 Å². The van der Waals surface area contributed by atoms with Crippen LogP contribution in [0.25, 0.3) is 5.57 Å². The third kappa shape index (κ3) is 4.12. The van der Waals surface area contributed by atoms with Gasteiger partial charge in [-0.05, 0) is 19.4 Å². The predicted octanol–water partition coefficient (Wildman–Crippen LogP) is 3.50. The van der Waals surface area contributed by atoms with E-state index in [9.17, 15) is 18.0 Å². The average Bonchev–Trinajstić information content (AvgIpc) is 2.37. The highest BCUT2D eigenvalue weighted by Crippen LogP contribution is 2.33. The molecule has 0 unspecified atom stereocenters. The van der Waals surface area contributed by atoms with Crippen molar-refractivity contribution < 1.29 is 18.0 Å². The van der Waals surface area contributed by atoms with Gasteiger partial charge in [0.2, 0.25) is 5.91 Å². The van der Waals surface area contributed by atoms with Crippen LogP contribution in [-0.2, 0) is 4.79 Å². The molecule has 0 fully saturated rings.